The molecule has 256 valence electrons. The van der Waals surface area contributed by atoms with E-state index in [4.69, 9.17) is 9.47 Å². The van der Waals surface area contributed by atoms with Gasteiger partial charge in [0.25, 0.3) is 5.91 Å². The number of ether oxygens (including phenoxy) is 2. The molecule has 0 saturated carbocycles. The van der Waals surface area contributed by atoms with E-state index in [-0.39, 0.29) is 36.0 Å². The van der Waals surface area contributed by atoms with E-state index >= 15 is 0 Å². The third kappa shape index (κ3) is 8.16. The fourth-order valence-corrected chi connectivity index (χ4v) is 6.94. The number of thioether (sulfide) groups is 1. The van der Waals surface area contributed by atoms with E-state index in [1.807, 2.05) is 109 Å². The third-order valence-corrected chi connectivity index (χ3v) is 9.93. The molecule has 1 fully saturated rings. The van der Waals surface area contributed by atoms with Crippen LogP contribution in [-0.2, 0) is 22.6 Å². The Hall–Kier alpha value is -5.39. The minimum absolute atomic E-state index is 0.0293. The molecule has 1 amide bonds. The lowest BCUT2D eigenvalue weighted by molar-refractivity contribution is -0.245. The Balaban J connectivity index is 1.06. The lowest BCUT2D eigenvalue weighted by Gasteiger charge is -2.36. The van der Waals surface area contributed by atoms with E-state index in [9.17, 15) is 19.8 Å². The van der Waals surface area contributed by atoms with Crippen LogP contribution in [0.4, 0.5) is 0 Å². The Morgan fingerprint density at radius 3 is 2.25 bits per heavy atom. The number of benzene rings is 5. The van der Waals surface area contributed by atoms with Gasteiger partial charge in [0.1, 0.15) is 5.69 Å². The Labute approximate surface area is 299 Å². The second-order valence-electron chi connectivity index (χ2n) is 12.2. The Morgan fingerprint density at radius 1 is 0.804 bits per heavy atom. The molecule has 1 aliphatic rings. The topological polar surface area (TPSA) is 131 Å². The average Bonchev–Trinajstić information content (AvgIpc) is 3.19. The molecular formula is C41H35N3O6S. The Morgan fingerprint density at radius 2 is 1.51 bits per heavy atom. The van der Waals surface area contributed by atoms with Crippen molar-refractivity contribution in [1.82, 2.24) is 15.3 Å². The highest BCUT2D eigenvalue weighted by molar-refractivity contribution is 7.99. The van der Waals surface area contributed by atoms with E-state index in [0.29, 0.717) is 24.2 Å². The molecule has 0 unspecified atom stereocenters. The number of rotatable bonds is 11. The highest BCUT2D eigenvalue weighted by Gasteiger charge is 2.32. The molecule has 1 aromatic heterocycles. The van der Waals surface area contributed by atoms with Crippen LogP contribution in [0.5, 0.6) is 0 Å². The maximum Gasteiger partial charge on any atom is 0.335 e. The molecule has 6 aromatic rings. The number of carboxylic acids is 1. The number of fused-ring (bicyclic) bond motifs is 1. The van der Waals surface area contributed by atoms with Gasteiger partial charge in [0.05, 0.1) is 41.6 Å². The molecular weight excluding hydrogens is 663 g/mol. The summed E-state index contributed by atoms with van der Waals surface area (Å²) in [5, 5.41) is 21.8. The smallest absolute Gasteiger partial charge is 0.335 e. The molecule has 9 nitrogen and oxygen atoms in total. The number of aromatic carboxylic acids is 1. The van der Waals surface area contributed by atoms with Crippen molar-refractivity contribution >= 4 is 34.7 Å². The van der Waals surface area contributed by atoms with Gasteiger partial charge in [-0.3, -0.25) is 9.78 Å². The number of hydrogen-bond acceptors (Lipinski definition) is 8. The van der Waals surface area contributed by atoms with Crippen LogP contribution < -0.4 is 5.32 Å². The van der Waals surface area contributed by atoms with Gasteiger partial charge in [-0.15, -0.1) is 11.8 Å². The maximum absolute atomic E-state index is 13.0. The van der Waals surface area contributed by atoms with Gasteiger partial charge in [-0.2, -0.15) is 0 Å². The molecule has 0 bridgehead atoms. The number of carbonyl (C=O) groups excluding carboxylic acids is 1. The van der Waals surface area contributed by atoms with Crippen LogP contribution in [-0.4, -0.2) is 43.9 Å². The minimum Gasteiger partial charge on any atom is -0.478 e. The molecule has 0 spiro atoms. The molecule has 1 aliphatic heterocycles. The van der Waals surface area contributed by atoms with Gasteiger partial charge < -0.3 is 25.0 Å². The summed E-state index contributed by atoms with van der Waals surface area (Å²) in [6.45, 7) is 0.285. The fourth-order valence-electron chi connectivity index (χ4n) is 6.01. The van der Waals surface area contributed by atoms with Gasteiger partial charge in [0.15, 0.2) is 6.29 Å². The highest BCUT2D eigenvalue weighted by atomic mass is 32.2. The number of para-hydroxylation sites is 2. The van der Waals surface area contributed by atoms with Crippen molar-refractivity contribution in [1.29, 1.82) is 0 Å². The van der Waals surface area contributed by atoms with E-state index in [1.54, 1.807) is 23.9 Å². The van der Waals surface area contributed by atoms with Crippen molar-refractivity contribution in [2.24, 2.45) is 0 Å². The first kappa shape index (κ1) is 34.1. The van der Waals surface area contributed by atoms with Gasteiger partial charge in [-0.1, -0.05) is 84.9 Å². The summed E-state index contributed by atoms with van der Waals surface area (Å²) in [6.07, 6.45) is 1.14. The maximum atomic E-state index is 13.0. The van der Waals surface area contributed by atoms with Gasteiger partial charge >= 0.3 is 5.97 Å². The SMILES string of the molecule is O=C(O)c1ccc(SC[C@H]2C[C@@H](c3ccc(CO)cc3)O[C@@H](c3ccc(-c4ccccc4CNC(=O)c4cnc5ccccc5n4)cc3)O2)cc1. The fraction of sp³-hybridized carbons (Fsp3) is 0.171. The van der Waals surface area contributed by atoms with Crippen LogP contribution in [0.15, 0.2) is 132 Å². The van der Waals surface area contributed by atoms with Gasteiger partial charge in [-0.05, 0) is 64.2 Å². The summed E-state index contributed by atoms with van der Waals surface area (Å²) in [4.78, 5) is 34.1. The Kier molecular flexibility index (Phi) is 10.5. The van der Waals surface area contributed by atoms with Crippen LogP contribution in [0, 0.1) is 0 Å². The third-order valence-electron chi connectivity index (χ3n) is 8.78. The van der Waals surface area contributed by atoms with Crippen molar-refractivity contribution in [3.63, 3.8) is 0 Å². The summed E-state index contributed by atoms with van der Waals surface area (Å²) in [6, 6.07) is 38.1. The van der Waals surface area contributed by atoms with Gasteiger partial charge in [-0.25, -0.2) is 9.78 Å². The number of aliphatic hydroxyl groups is 1. The summed E-state index contributed by atoms with van der Waals surface area (Å²) in [5.74, 6) is -0.597. The van der Waals surface area contributed by atoms with Crippen molar-refractivity contribution in [2.75, 3.05) is 5.75 Å². The van der Waals surface area contributed by atoms with E-state index in [2.05, 4.69) is 15.3 Å². The molecule has 51 heavy (non-hydrogen) atoms. The number of nitrogens with one attached hydrogen (secondary N) is 1. The molecule has 2 heterocycles. The first-order valence-corrected chi connectivity index (χ1v) is 17.6. The number of hydrogen-bond donors (Lipinski definition) is 3. The van der Waals surface area contributed by atoms with Crippen molar-refractivity contribution in [3.8, 4) is 11.1 Å². The molecule has 1 saturated heterocycles. The number of aliphatic hydroxyl groups excluding tert-OH is 1. The quantitative estimate of drug-likeness (QED) is 0.116. The molecule has 5 aromatic carbocycles. The molecule has 0 radical (unpaired) electrons. The Bertz CT molecular complexity index is 2140. The van der Waals surface area contributed by atoms with Crippen LogP contribution >= 0.6 is 11.8 Å². The molecule has 3 N–H and O–H groups in total. The summed E-state index contributed by atoms with van der Waals surface area (Å²) in [7, 11) is 0. The standard InChI is InChI=1S/C41H35N3O6S/c45-24-26-9-11-28(12-10-26)38-21-32(25-51-33-19-17-29(18-20-33)40(47)48)49-41(50-38)30-15-13-27(14-16-30)34-6-2-1-5-31(34)22-43-39(46)37-23-42-35-7-3-4-8-36(35)44-37/h1-20,23,32,38,41,45H,21-22,24-25H2,(H,43,46)(H,47,48)/t32-,38+,41+/m1/s1. The molecule has 7 rings (SSSR count). The van der Waals surface area contributed by atoms with Crippen molar-refractivity contribution in [3.05, 3.63) is 161 Å². The lowest BCUT2D eigenvalue weighted by atomic mass is 9.97. The van der Waals surface area contributed by atoms with Crippen LogP contribution in [0.2, 0.25) is 0 Å². The average molecular weight is 698 g/mol. The number of aromatic nitrogens is 2. The normalized spacial score (nSPS) is 17.2. The monoisotopic (exact) mass is 697 g/mol. The number of carboxylic acid groups (broad SMARTS) is 1. The zero-order valence-electron chi connectivity index (χ0n) is 27.5. The number of nitrogens with zero attached hydrogens (tertiary/aromatic N) is 2. The van der Waals surface area contributed by atoms with Gasteiger partial charge in [0.2, 0.25) is 0 Å². The van der Waals surface area contributed by atoms with E-state index < -0.39 is 12.3 Å². The largest absolute Gasteiger partial charge is 0.478 e. The zero-order valence-corrected chi connectivity index (χ0v) is 28.3. The van der Waals surface area contributed by atoms with Crippen LogP contribution in [0.3, 0.4) is 0 Å². The molecule has 10 heteroatoms. The van der Waals surface area contributed by atoms with Crippen molar-refractivity contribution in [2.45, 2.75) is 43.0 Å². The van der Waals surface area contributed by atoms with Crippen molar-refractivity contribution < 1.29 is 29.3 Å². The molecule has 0 aliphatic carbocycles. The summed E-state index contributed by atoms with van der Waals surface area (Å²) >= 11 is 1.61. The number of amides is 1. The second-order valence-corrected chi connectivity index (χ2v) is 13.3. The highest BCUT2D eigenvalue weighted by Crippen LogP contribution is 2.40. The summed E-state index contributed by atoms with van der Waals surface area (Å²) < 4.78 is 13.1. The summed E-state index contributed by atoms with van der Waals surface area (Å²) in [5.41, 5.74) is 7.55. The first-order chi connectivity index (χ1) is 24.9. The van der Waals surface area contributed by atoms with Crippen LogP contribution in [0.1, 0.15) is 61.9 Å². The van der Waals surface area contributed by atoms with Crippen LogP contribution in [0.25, 0.3) is 22.2 Å². The number of carbonyl (C=O) groups is 2. The zero-order chi connectivity index (χ0) is 35.2. The first-order valence-electron chi connectivity index (χ1n) is 16.6. The lowest BCUT2D eigenvalue weighted by Crippen LogP contribution is -2.31. The second kappa shape index (κ2) is 15.7. The van der Waals surface area contributed by atoms with E-state index in [1.165, 1.54) is 6.20 Å². The minimum atomic E-state index is -0.953. The molecule has 3 atom stereocenters. The predicted molar refractivity (Wildman–Crippen MR) is 195 cm³/mol. The van der Waals surface area contributed by atoms with E-state index in [0.717, 1.165) is 43.8 Å². The van der Waals surface area contributed by atoms with Gasteiger partial charge in [0, 0.05) is 29.2 Å². The predicted octanol–water partition coefficient (Wildman–Crippen LogP) is 7.76.